The summed E-state index contributed by atoms with van der Waals surface area (Å²) in [5, 5.41) is 4.43. The summed E-state index contributed by atoms with van der Waals surface area (Å²) in [6.45, 7) is -0.245. The molecule has 0 aliphatic heterocycles. The van der Waals surface area contributed by atoms with Crippen LogP contribution in [0.3, 0.4) is 0 Å². The molecule has 0 radical (unpaired) electrons. The van der Waals surface area contributed by atoms with E-state index in [0.717, 1.165) is 0 Å². The number of hydrazone groups is 1. The maximum Gasteiger partial charge on any atom is 0.343 e. The predicted octanol–water partition coefficient (Wildman–Crippen LogP) is 4.10. The number of nitrogens with zero attached hydrogens (tertiary/aromatic N) is 1. The van der Waals surface area contributed by atoms with Gasteiger partial charge in [-0.05, 0) is 48.5 Å². The highest BCUT2D eigenvalue weighted by molar-refractivity contribution is 6.30. The van der Waals surface area contributed by atoms with Crippen LogP contribution in [0.4, 0.5) is 0 Å². The zero-order valence-electron chi connectivity index (χ0n) is 16.6. The summed E-state index contributed by atoms with van der Waals surface area (Å²) >= 11 is 5.84. The first-order chi connectivity index (χ1) is 15.1. The molecule has 0 saturated carbocycles. The third-order valence-electron chi connectivity index (χ3n) is 4.02. The smallest absolute Gasteiger partial charge is 0.343 e. The maximum atomic E-state index is 12.3. The van der Waals surface area contributed by atoms with Crippen molar-refractivity contribution in [3.8, 4) is 17.2 Å². The molecule has 0 spiro atoms. The van der Waals surface area contributed by atoms with Crippen molar-refractivity contribution in [1.29, 1.82) is 0 Å². The van der Waals surface area contributed by atoms with Crippen LogP contribution in [0.1, 0.15) is 15.9 Å². The second kappa shape index (κ2) is 10.8. The van der Waals surface area contributed by atoms with Crippen LogP contribution in [0.2, 0.25) is 5.02 Å². The van der Waals surface area contributed by atoms with E-state index in [1.165, 1.54) is 13.3 Å². The Morgan fingerprint density at radius 3 is 2.29 bits per heavy atom. The van der Waals surface area contributed by atoms with E-state index in [9.17, 15) is 9.59 Å². The number of carbonyl (C=O) groups excluding carboxylic acids is 2. The van der Waals surface area contributed by atoms with Crippen molar-refractivity contribution >= 4 is 29.7 Å². The van der Waals surface area contributed by atoms with Gasteiger partial charge >= 0.3 is 5.97 Å². The zero-order chi connectivity index (χ0) is 22.1. The standard InChI is InChI=1S/C23H19ClN2O5/c1-29-20-8-4-5-9-21(20)30-15-22(27)26-25-14-17-6-2-3-7-19(17)31-23(28)16-10-12-18(24)13-11-16/h2-14H,15H2,1H3,(H,26,27)/b25-14-. The van der Waals surface area contributed by atoms with Crippen molar-refractivity contribution in [2.75, 3.05) is 13.7 Å². The highest BCUT2D eigenvalue weighted by Gasteiger charge is 2.11. The van der Waals surface area contributed by atoms with E-state index < -0.39 is 11.9 Å². The molecule has 0 fully saturated rings. The van der Waals surface area contributed by atoms with Gasteiger partial charge in [0.15, 0.2) is 18.1 Å². The minimum atomic E-state index is -0.535. The fraction of sp³-hybridized carbons (Fsp3) is 0.0870. The van der Waals surface area contributed by atoms with Gasteiger partial charge in [-0.3, -0.25) is 4.79 Å². The lowest BCUT2D eigenvalue weighted by Gasteiger charge is -2.09. The summed E-state index contributed by atoms with van der Waals surface area (Å²) in [5.74, 6) is 0.272. The van der Waals surface area contributed by atoms with Gasteiger partial charge in [-0.15, -0.1) is 0 Å². The van der Waals surface area contributed by atoms with Crippen molar-refractivity contribution in [3.63, 3.8) is 0 Å². The molecule has 3 rings (SSSR count). The lowest BCUT2D eigenvalue weighted by molar-refractivity contribution is -0.123. The number of esters is 1. The molecule has 0 aliphatic carbocycles. The second-order valence-electron chi connectivity index (χ2n) is 6.17. The number of rotatable bonds is 8. The van der Waals surface area contributed by atoms with E-state index in [4.69, 9.17) is 25.8 Å². The molecule has 0 bridgehead atoms. The van der Waals surface area contributed by atoms with Crippen molar-refractivity contribution in [3.05, 3.63) is 88.9 Å². The number of hydrogen-bond donors (Lipinski definition) is 1. The summed E-state index contributed by atoms with van der Waals surface area (Å²) in [6, 6.07) is 20.2. The quantitative estimate of drug-likeness (QED) is 0.248. The number of para-hydroxylation sites is 3. The van der Waals surface area contributed by atoms with Gasteiger partial charge in [0.2, 0.25) is 0 Å². The van der Waals surface area contributed by atoms with Crippen molar-refractivity contribution < 1.29 is 23.8 Å². The minimum absolute atomic E-state index is 0.245. The molecule has 31 heavy (non-hydrogen) atoms. The van der Waals surface area contributed by atoms with Gasteiger partial charge in [-0.25, -0.2) is 10.2 Å². The molecule has 7 nitrogen and oxygen atoms in total. The number of methoxy groups -OCH3 is 1. The number of nitrogens with one attached hydrogen (secondary N) is 1. The van der Waals surface area contributed by atoms with Gasteiger partial charge in [0, 0.05) is 10.6 Å². The van der Waals surface area contributed by atoms with Gasteiger partial charge in [-0.2, -0.15) is 5.10 Å². The van der Waals surface area contributed by atoms with E-state index in [0.29, 0.717) is 33.4 Å². The fourth-order valence-electron chi connectivity index (χ4n) is 2.51. The average Bonchev–Trinajstić information content (AvgIpc) is 2.79. The summed E-state index contributed by atoms with van der Waals surface area (Å²) < 4.78 is 16.0. The molecule has 0 aromatic heterocycles. The second-order valence-corrected chi connectivity index (χ2v) is 6.60. The Hall–Kier alpha value is -3.84. The molecule has 1 N–H and O–H groups in total. The summed E-state index contributed by atoms with van der Waals surface area (Å²) in [7, 11) is 1.52. The zero-order valence-corrected chi connectivity index (χ0v) is 17.3. The Morgan fingerprint density at radius 1 is 0.935 bits per heavy atom. The molecule has 1 amide bonds. The lowest BCUT2D eigenvalue weighted by Crippen LogP contribution is -2.24. The third kappa shape index (κ3) is 6.32. The molecular weight excluding hydrogens is 420 g/mol. The van der Waals surface area contributed by atoms with Crippen molar-refractivity contribution in [2.24, 2.45) is 5.10 Å². The molecule has 3 aromatic rings. The van der Waals surface area contributed by atoms with Crippen LogP contribution in [0.5, 0.6) is 17.2 Å². The van der Waals surface area contributed by atoms with E-state index in [1.54, 1.807) is 72.8 Å². The van der Waals surface area contributed by atoms with E-state index >= 15 is 0 Å². The number of carbonyl (C=O) groups is 2. The Balaban J connectivity index is 1.58. The SMILES string of the molecule is COc1ccccc1OCC(=O)N/N=C\c1ccccc1OC(=O)c1ccc(Cl)cc1. The topological polar surface area (TPSA) is 86.2 Å². The van der Waals surface area contributed by atoms with Gasteiger partial charge in [0.25, 0.3) is 5.91 Å². The first-order valence-electron chi connectivity index (χ1n) is 9.21. The monoisotopic (exact) mass is 438 g/mol. The maximum absolute atomic E-state index is 12.3. The van der Waals surface area contributed by atoms with Crippen LogP contribution >= 0.6 is 11.6 Å². The lowest BCUT2D eigenvalue weighted by atomic mass is 10.2. The normalized spacial score (nSPS) is 10.5. The first kappa shape index (κ1) is 21.9. The largest absolute Gasteiger partial charge is 0.493 e. The molecule has 0 heterocycles. The molecular formula is C23H19ClN2O5. The van der Waals surface area contributed by atoms with Crippen LogP contribution in [0.15, 0.2) is 77.9 Å². The highest BCUT2D eigenvalue weighted by atomic mass is 35.5. The summed E-state index contributed by atoms with van der Waals surface area (Å²) in [5.41, 5.74) is 3.24. The fourth-order valence-corrected chi connectivity index (χ4v) is 2.64. The van der Waals surface area contributed by atoms with Crippen molar-refractivity contribution in [1.82, 2.24) is 5.43 Å². The Morgan fingerprint density at radius 2 is 1.58 bits per heavy atom. The Labute approximate surface area is 184 Å². The van der Waals surface area contributed by atoms with E-state index in [2.05, 4.69) is 10.5 Å². The molecule has 0 aliphatic rings. The van der Waals surface area contributed by atoms with Crippen molar-refractivity contribution in [2.45, 2.75) is 0 Å². The van der Waals surface area contributed by atoms with Gasteiger partial charge in [0.05, 0.1) is 18.9 Å². The molecule has 3 aromatic carbocycles. The van der Waals surface area contributed by atoms with Crippen LogP contribution in [0, 0.1) is 0 Å². The molecule has 0 atom stereocenters. The third-order valence-corrected chi connectivity index (χ3v) is 4.27. The predicted molar refractivity (Wildman–Crippen MR) is 117 cm³/mol. The number of amides is 1. The van der Waals surface area contributed by atoms with E-state index in [1.807, 2.05) is 0 Å². The number of benzene rings is 3. The number of ether oxygens (including phenoxy) is 3. The average molecular weight is 439 g/mol. The van der Waals surface area contributed by atoms with Gasteiger partial charge < -0.3 is 14.2 Å². The Bertz CT molecular complexity index is 1080. The highest BCUT2D eigenvalue weighted by Crippen LogP contribution is 2.25. The summed E-state index contributed by atoms with van der Waals surface area (Å²) in [6.07, 6.45) is 1.38. The Kier molecular flexibility index (Phi) is 7.61. The van der Waals surface area contributed by atoms with Crippen LogP contribution in [-0.4, -0.2) is 31.8 Å². The molecule has 0 unspecified atom stereocenters. The molecule has 8 heteroatoms. The first-order valence-corrected chi connectivity index (χ1v) is 9.59. The van der Waals surface area contributed by atoms with Crippen LogP contribution < -0.4 is 19.6 Å². The number of halogens is 1. The molecule has 0 saturated heterocycles. The molecule has 158 valence electrons. The van der Waals surface area contributed by atoms with Gasteiger partial charge in [0.1, 0.15) is 5.75 Å². The number of hydrogen-bond acceptors (Lipinski definition) is 6. The minimum Gasteiger partial charge on any atom is -0.493 e. The van der Waals surface area contributed by atoms with Crippen LogP contribution in [0.25, 0.3) is 0 Å². The van der Waals surface area contributed by atoms with Gasteiger partial charge in [-0.1, -0.05) is 35.9 Å². The summed E-state index contributed by atoms with van der Waals surface area (Å²) in [4.78, 5) is 24.3. The van der Waals surface area contributed by atoms with Crippen LogP contribution in [-0.2, 0) is 4.79 Å². The van der Waals surface area contributed by atoms with E-state index in [-0.39, 0.29) is 6.61 Å².